The number of thiophene rings is 1. The van der Waals surface area contributed by atoms with Crippen LogP contribution in [0.5, 0.6) is 5.75 Å². The third-order valence-electron chi connectivity index (χ3n) is 2.10. The molecule has 14 heavy (non-hydrogen) atoms. The standard InChI is InChI=1S/C10H7ClO2S/c11-4-6-3-7(5-12)8-1-2-14-10(8)9(6)13/h1-3,5,13H,4H2. The number of aromatic hydroxyl groups is 1. The van der Waals surface area contributed by atoms with Gasteiger partial charge in [0.05, 0.1) is 10.6 Å². The first-order valence-electron chi connectivity index (χ1n) is 4.01. The average Bonchev–Trinajstić information content (AvgIpc) is 2.68. The molecule has 0 fully saturated rings. The van der Waals surface area contributed by atoms with E-state index in [2.05, 4.69) is 0 Å². The van der Waals surface area contributed by atoms with Crippen molar-refractivity contribution in [1.29, 1.82) is 0 Å². The van der Waals surface area contributed by atoms with Crippen LogP contribution in [-0.4, -0.2) is 11.4 Å². The summed E-state index contributed by atoms with van der Waals surface area (Å²) < 4.78 is 0.727. The Kier molecular flexibility index (Phi) is 2.44. The molecule has 0 aliphatic rings. The van der Waals surface area contributed by atoms with Crippen molar-refractivity contribution < 1.29 is 9.90 Å². The molecule has 72 valence electrons. The third kappa shape index (κ3) is 1.29. The van der Waals surface area contributed by atoms with Crippen LogP contribution in [0.2, 0.25) is 0 Å². The Morgan fingerprint density at radius 2 is 2.36 bits per heavy atom. The number of phenolic OH excluding ortho intramolecular Hbond substituents is 1. The van der Waals surface area contributed by atoms with Crippen molar-refractivity contribution in [3.8, 4) is 5.75 Å². The van der Waals surface area contributed by atoms with Gasteiger partial charge in [0, 0.05) is 16.5 Å². The normalized spacial score (nSPS) is 10.6. The molecule has 0 saturated carbocycles. The molecule has 2 rings (SSSR count). The summed E-state index contributed by atoms with van der Waals surface area (Å²) in [6, 6.07) is 3.45. The number of carbonyl (C=O) groups excluding carboxylic acids is 1. The zero-order valence-electron chi connectivity index (χ0n) is 7.16. The Morgan fingerprint density at radius 3 is 3.00 bits per heavy atom. The Morgan fingerprint density at radius 1 is 1.57 bits per heavy atom. The molecule has 0 bridgehead atoms. The molecule has 2 aromatic rings. The summed E-state index contributed by atoms with van der Waals surface area (Å²) in [5.41, 5.74) is 1.18. The monoisotopic (exact) mass is 226 g/mol. The van der Waals surface area contributed by atoms with Crippen LogP contribution in [0, 0.1) is 0 Å². The average molecular weight is 227 g/mol. The number of carbonyl (C=O) groups is 1. The summed E-state index contributed by atoms with van der Waals surface area (Å²) in [6.45, 7) is 0. The lowest BCUT2D eigenvalue weighted by molar-refractivity contribution is 0.112. The number of aldehydes is 1. The van der Waals surface area contributed by atoms with Crippen molar-refractivity contribution in [2.45, 2.75) is 5.88 Å². The highest BCUT2D eigenvalue weighted by atomic mass is 35.5. The summed E-state index contributed by atoms with van der Waals surface area (Å²) in [6.07, 6.45) is 0.782. The smallest absolute Gasteiger partial charge is 0.150 e. The van der Waals surface area contributed by atoms with Gasteiger partial charge >= 0.3 is 0 Å². The summed E-state index contributed by atoms with van der Waals surface area (Å²) in [5.74, 6) is 0.399. The molecule has 1 heterocycles. The second kappa shape index (κ2) is 3.59. The maximum Gasteiger partial charge on any atom is 0.150 e. The van der Waals surface area contributed by atoms with Gasteiger partial charge in [-0.25, -0.2) is 0 Å². The van der Waals surface area contributed by atoms with Gasteiger partial charge in [-0.1, -0.05) is 0 Å². The lowest BCUT2D eigenvalue weighted by Crippen LogP contribution is -1.86. The Labute approximate surface area is 89.7 Å². The van der Waals surface area contributed by atoms with E-state index < -0.39 is 0 Å². The van der Waals surface area contributed by atoms with E-state index in [9.17, 15) is 9.90 Å². The molecule has 2 nitrogen and oxygen atoms in total. The first-order chi connectivity index (χ1) is 6.77. The van der Waals surface area contributed by atoms with Crippen molar-refractivity contribution in [1.82, 2.24) is 0 Å². The zero-order valence-corrected chi connectivity index (χ0v) is 8.73. The number of rotatable bonds is 2. The molecule has 0 saturated heterocycles. The summed E-state index contributed by atoms with van der Waals surface area (Å²) in [4.78, 5) is 10.8. The summed E-state index contributed by atoms with van der Waals surface area (Å²) >= 11 is 7.06. The molecule has 4 heteroatoms. The van der Waals surface area contributed by atoms with E-state index in [0.29, 0.717) is 11.1 Å². The van der Waals surface area contributed by atoms with Crippen molar-refractivity contribution in [3.63, 3.8) is 0 Å². The van der Waals surface area contributed by atoms with E-state index in [1.807, 2.05) is 11.4 Å². The van der Waals surface area contributed by atoms with E-state index in [0.717, 1.165) is 16.4 Å². The van der Waals surface area contributed by atoms with Crippen LogP contribution in [0.4, 0.5) is 0 Å². The highest BCUT2D eigenvalue weighted by Crippen LogP contribution is 2.35. The highest BCUT2D eigenvalue weighted by molar-refractivity contribution is 7.17. The van der Waals surface area contributed by atoms with Gasteiger partial charge in [-0.15, -0.1) is 22.9 Å². The van der Waals surface area contributed by atoms with Crippen molar-refractivity contribution in [2.75, 3.05) is 0 Å². The van der Waals surface area contributed by atoms with Crippen LogP contribution in [0.15, 0.2) is 17.5 Å². The molecular weight excluding hydrogens is 220 g/mol. The molecule has 0 aliphatic carbocycles. The molecule has 0 radical (unpaired) electrons. The van der Waals surface area contributed by atoms with Gasteiger partial charge in [0.2, 0.25) is 0 Å². The fourth-order valence-electron chi connectivity index (χ4n) is 1.40. The molecule has 1 N–H and O–H groups in total. The van der Waals surface area contributed by atoms with Crippen LogP contribution in [0.25, 0.3) is 10.1 Å². The first kappa shape index (κ1) is 9.49. The van der Waals surface area contributed by atoms with Crippen molar-refractivity contribution in [2.24, 2.45) is 0 Å². The number of alkyl halides is 1. The van der Waals surface area contributed by atoms with Crippen molar-refractivity contribution >= 4 is 39.3 Å². The van der Waals surface area contributed by atoms with E-state index in [4.69, 9.17) is 11.6 Å². The fourth-order valence-corrected chi connectivity index (χ4v) is 2.50. The van der Waals surface area contributed by atoms with Gasteiger partial charge in [0.25, 0.3) is 0 Å². The minimum atomic E-state index is 0.190. The molecule has 0 unspecified atom stereocenters. The predicted molar refractivity (Wildman–Crippen MR) is 58.4 cm³/mol. The van der Waals surface area contributed by atoms with E-state index in [1.54, 1.807) is 6.07 Å². The molecule has 1 aromatic carbocycles. The highest BCUT2D eigenvalue weighted by Gasteiger charge is 2.11. The van der Waals surface area contributed by atoms with Gasteiger partial charge < -0.3 is 5.11 Å². The first-order valence-corrected chi connectivity index (χ1v) is 5.42. The zero-order chi connectivity index (χ0) is 10.1. The molecule has 0 aliphatic heterocycles. The maximum atomic E-state index is 10.8. The van der Waals surface area contributed by atoms with Gasteiger partial charge in [-0.05, 0) is 17.5 Å². The SMILES string of the molecule is O=Cc1cc(CCl)c(O)c2sccc12. The van der Waals surface area contributed by atoms with Gasteiger partial charge in [0.1, 0.15) is 5.75 Å². The summed E-state index contributed by atoms with van der Waals surface area (Å²) in [5, 5.41) is 12.4. The molecular formula is C10H7ClO2S. The lowest BCUT2D eigenvalue weighted by Gasteiger charge is -2.03. The van der Waals surface area contributed by atoms with Gasteiger partial charge in [0.15, 0.2) is 6.29 Å². The topological polar surface area (TPSA) is 37.3 Å². The number of fused-ring (bicyclic) bond motifs is 1. The minimum Gasteiger partial charge on any atom is -0.506 e. The Bertz CT molecular complexity index is 490. The van der Waals surface area contributed by atoms with Crippen LogP contribution in [-0.2, 0) is 5.88 Å². The maximum absolute atomic E-state index is 10.8. The largest absolute Gasteiger partial charge is 0.506 e. The van der Waals surface area contributed by atoms with E-state index in [1.165, 1.54) is 11.3 Å². The van der Waals surface area contributed by atoms with Crippen LogP contribution in [0.1, 0.15) is 15.9 Å². The second-order valence-corrected chi connectivity index (χ2v) is 4.07. The number of halogens is 1. The predicted octanol–water partition coefficient (Wildman–Crippen LogP) is 3.16. The van der Waals surface area contributed by atoms with E-state index in [-0.39, 0.29) is 11.6 Å². The molecule has 0 atom stereocenters. The van der Waals surface area contributed by atoms with E-state index >= 15 is 0 Å². The fraction of sp³-hybridized carbons (Fsp3) is 0.100. The van der Waals surface area contributed by atoms with Crippen LogP contribution >= 0.6 is 22.9 Å². The number of phenols is 1. The van der Waals surface area contributed by atoms with Crippen LogP contribution < -0.4 is 0 Å². The Balaban J connectivity index is 2.86. The van der Waals surface area contributed by atoms with Crippen molar-refractivity contribution in [3.05, 3.63) is 28.6 Å². The number of hydrogen-bond acceptors (Lipinski definition) is 3. The molecule has 0 spiro atoms. The second-order valence-electron chi connectivity index (χ2n) is 2.89. The number of hydrogen-bond donors (Lipinski definition) is 1. The minimum absolute atomic E-state index is 0.190. The van der Waals surface area contributed by atoms with Gasteiger partial charge in [-0.2, -0.15) is 0 Å². The number of benzene rings is 1. The molecule has 0 amide bonds. The summed E-state index contributed by atoms with van der Waals surface area (Å²) in [7, 11) is 0. The van der Waals surface area contributed by atoms with Gasteiger partial charge in [-0.3, -0.25) is 4.79 Å². The molecule has 1 aromatic heterocycles. The lowest BCUT2D eigenvalue weighted by atomic mass is 10.1. The third-order valence-corrected chi connectivity index (χ3v) is 3.31. The quantitative estimate of drug-likeness (QED) is 0.631. The Hall–Kier alpha value is -1.06. The van der Waals surface area contributed by atoms with Crippen LogP contribution in [0.3, 0.4) is 0 Å².